The Morgan fingerprint density at radius 1 is 1.21 bits per heavy atom. The number of hydrogen-bond donors (Lipinski definition) is 2. The summed E-state index contributed by atoms with van der Waals surface area (Å²) in [4.78, 5) is 36.8. The lowest BCUT2D eigenvalue weighted by Gasteiger charge is -2.21. The Labute approximate surface area is 171 Å². The number of carbonyl (C=O) groups excluding carboxylic acids is 3. The molecule has 29 heavy (non-hydrogen) atoms. The molecule has 1 aromatic heterocycles. The fourth-order valence-corrected chi connectivity index (χ4v) is 3.29. The van der Waals surface area contributed by atoms with Gasteiger partial charge in [-0.15, -0.1) is 5.10 Å². The molecule has 0 aliphatic heterocycles. The van der Waals surface area contributed by atoms with E-state index in [2.05, 4.69) is 26.2 Å². The number of amides is 2. The zero-order chi connectivity index (χ0) is 21.3. The van der Waals surface area contributed by atoms with Gasteiger partial charge in [-0.05, 0) is 63.3 Å². The minimum Gasteiger partial charge on any atom is -0.444 e. The van der Waals surface area contributed by atoms with Crippen molar-refractivity contribution in [1.29, 1.82) is 0 Å². The van der Waals surface area contributed by atoms with Gasteiger partial charge in [0.1, 0.15) is 18.5 Å². The van der Waals surface area contributed by atoms with Crippen LogP contribution in [0.2, 0.25) is 0 Å². The van der Waals surface area contributed by atoms with Gasteiger partial charge in [0.2, 0.25) is 5.91 Å². The third-order valence-electron chi connectivity index (χ3n) is 4.73. The first kappa shape index (κ1) is 22.8. The van der Waals surface area contributed by atoms with Gasteiger partial charge in [0.15, 0.2) is 5.78 Å². The van der Waals surface area contributed by atoms with E-state index in [1.165, 1.54) is 11.0 Å². The summed E-state index contributed by atoms with van der Waals surface area (Å²) in [5.41, 5.74) is -0.539. The summed E-state index contributed by atoms with van der Waals surface area (Å²) in [7, 11) is 0. The Balaban J connectivity index is 1.80. The molecule has 1 aliphatic rings. The Morgan fingerprint density at radius 2 is 1.93 bits per heavy atom. The monoisotopic (exact) mass is 408 g/mol. The van der Waals surface area contributed by atoms with Crippen molar-refractivity contribution in [3.63, 3.8) is 0 Å². The number of aromatic nitrogens is 4. The molecule has 1 saturated carbocycles. The van der Waals surface area contributed by atoms with E-state index in [0.29, 0.717) is 25.8 Å². The average Bonchev–Trinajstić information content (AvgIpc) is 3.32. The predicted molar refractivity (Wildman–Crippen MR) is 105 cm³/mol. The number of rotatable bonds is 10. The van der Waals surface area contributed by atoms with Crippen molar-refractivity contribution in [2.24, 2.45) is 5.92 Å². The number of hydrogen-bond acceptors (Lipinski definition) is 7. The molecule has 10 heteroatoms. The van der Waals surface area contributed by atoms with E-state index in [9.17, 15) is 14.4 Å². The van der Waals surface area contributed by atoms with Crippen LogP contribution >= 0.6 is 0 Å². The molecule has 0 unspecified atom stereocenters. The maximum absolute atomic E-state index is 12.7. The summed E-state index contributed by atoms with van der Waals surface area (Å²) in [6.07, 6.45) is 6.61. The van der Waals surface area contributed by atoms with Gasteiger partial charge in [-0.25, -0.2) is 9.48 Å². The fraction of sp³-hybridized carbons (Fsp3) is 0.789. The normalized spacial score (nSPS) is 15.7. The lowest BCUT2D eigenvalue weighted by atomic mass is 10.0. The molecule has 10 nitrogen and oxygen atoms in total. The number of Topliss-reactive ketones (excluding diaryl/α,β-unsaturated/α-hetero) is 1. The van der Waals surface area contributed by atoms with Crippen molar-refractivity contribution in [3.8, 4) is 0 Å². The molecule has 2 amide bonds. The van der Waals surface area contributed by atoms with Crippen molar-refractivity contribution in [3.05, 3.63) is 6.33 Å². The van der Waals surface area contributed by atoms with Gasteiger partial charge in [0, 0.05) is 12.5 Å². The molecule has 1 atom stereocenters. The molecule has 0 bridgehead atoms. The molecule has 1 heterocycles. The van der Waals surface area contributed by atoms with E-state index in [4.69, 9.17) is 4.74 Å². The van der Waals surface area contributed by atoms with Gasteiger partial charge in [0.25, 0.3) is 0 Å². The Morgan fingerprint density at radius 3 is 2.55 bits per heavy atom. The summed E-state index contributed by atoms with van der Waals surface area (Å²) in [5, 5.41) is 16.4. The largest absolute Gasteiger partial charge is 0.444 e. The van der Waals surface area contributed by atoms with Crippen LogP contribution in [0.3, 0.4) is 0 Å². The molecule has 2 N–H and O–H groups in total. The number of tetrazole rings is 1. The van der Waals surface area contributed by atoms with Gasteiger partial charge in [-0.3, -0.25) is 9.59 Å². The highest BCUT2D eigenvalue weighted by molar-refractivity contribution is 5.89. The van der Waals surface area contributed by atoms with E-state index >= 15 is 0 Å². The van der Waals surface area contributed by atoms with Crippen molar-refractivity contribution in [2.45, 2.75) is 83.9 Å². The molecular formula is C19H32N6O4. The number of unbranched alkanes of at least 4 members (excludes halogenated alkanes) is 1. The Hall–Kier alpha value is -2.52. The molecular weight excluding hydrogens is 376 g/mol. The predicted octanol–water partition coefficient (Wildman–Crippen LogP) is 1.61. The van der Waals surface area contributed by atoms with Crippen LogP contribution in [-0.4, -0.2) is 56.2 Å². The van der Waals surface area contributed by atoms with Gasteiger partial charge < -0.3 is 15.4 Å². The highest BCUT2D eigenvalue weighted by Crippen LogP contribution is 2.25. The van der Waals surface area contributed by atoms with Crippen LogP contribution < -0.4 is 10.6 Å². The zero-order valence-electron chi connectivity index (χ0n) is 17.5. The van der Waals surface area contributed by atoms with Crippen LogP contribution in [0, 0.1) is 5.92 Å². The fourth-order valence-electron chi connectivity index (χ4n) is 3.29. The second kappa shape index (κ2) is 10.9. The number of ether oxygens (including phenoxy) is 1. The maximum atomic E-state index is 12.7. The smallest absolute Gasteiger partial charge is 0.407 e. The van der Waals surface area contributed by atoms with Crippen LogP contribution in [0.15, 0.2) is 6.33 Å². The van der Waals surface area contributed by atoms with Crippen LogP contribution in [0.25, 0.3) is 0 Å². The lowest BCUT2D eigenvalue weighted by molar-refractivity contribution is -0.130. The number of nitrogens with one attached hydrogen (secondary N) is 2. The number of alkyl carbamates (subject to hydrolysis) is 1. The minimum atomic E-state index is -0.589. The number of carbonyl (C=O) groups is 3. The summed E-state index contributed by atoms with van der Waals surface area (Å²) in [6.45, 7) is 5.87. The van der Waals surface area contributed by atoms with E-state index in [1.54, 1.807) is 20.8 Å². The van der Waals surface area contributed by atoms with Crippen LogP contribution in [0.1, 0.15) is 65.7 Å². The first-order valence-corrected chi connectivity index (χ1v) is 10.3. The molecule has 1 fully saturated rings. The molecule has 2 rings (SSSR count). The first-order valence-electron chi connectivity index (χ1n) is 10.3. The topological polar surface area (TPSA) is 128 Å². The molecule has 0 saturated heterocycles. The highest BCUT2D eigenvalue weighted by atomic mass is 16.6. The quantitative estimate of drug-likeness (QED) is 0.563. The second-order valence-corrected chi connectivity index (χ2v) is 8.44. The van der Waals surface area contributed by atoms with Crippen LogP contribution in [0.4, 0.5) is 4.79 Å². The van der Waals surface area contributed by atoms with Gasteiger partial charge in [-0.2, -0.15) is 0 Å². The third-order valence-corrected chi connectivity index (χ3v) is 4.73. The SMILES string of the molecule is CC(C)(C)OC(=O)NCCCC[C@H](NC(=O)C1CCCC1)C(=O)Cn1cnnn1. The lowest BCUT2D eigenvalue weighted by Crippen LogP contribution is -2.44. The summed E-state index contributed by atoms with van der Waals surface area (Å²) in [5.74, 6) is -0.194. The van der Waals surface area contributed by atoms with Crippen molar-refractivity contribution >= 4 is 17.8 Å². The molecule has 1 aromatic rings. The summed E-state index contributed by atoms with van der Waals surface area (Å²) < 4.78 is 6.54. The van der Waals surface area contributed by atoms with Crippen molar-refractivity contribution < 1.29 is 19.1 Å². The van der Waals surface area contributed by atoms with Crippen molar-refractivity contribution in [1.82, 2.24) is 30.8 Å². The molecule has 0 aromatic carbocycles. The average molecular weight is 409 g/mol. The van der Waals surface area contributed by atoms with E-state index in [-0.39, 0.29) is 24.2 Å². The first-order chi connectivity index (χ1) is 13.7. The van der Waals surface area contributed by atoms with E-state index in [0.717, 1.165) is 25.7 Å². The third kappa shape index (κ3) is 8.57. The molecule has 0 radical (unpaired) electrons. The van der Waals surface area contributed by atoms with Crippen molar-refractivity contribution in [2.75, 3.05) is 6.54 Å². The van der Waals surface area contributed by atoms with Crippen LogP contribution in [-0.2, 0) is 20.9 Å². The molecule has 162 valence electrons. The van der Waals surface area contributed by atoms with Gasteiger partial charge in [0.05, 0.1) is 6.04 Å². The summed E-state index contributed by atoms with van der Waals surface area (Å²) >= 11 is 0. The van der Waals surface area contributed by atoms with Crippen LogP contribution in [0.5, 0.6) is 0 Å². The molecule has 1 aliphatic carbocycles. The summed E-state index contributed by atoms with van der Waals surface area (Å²) in [6, 6.07) is -0.589. The van der Waals surface area contributed by atoms with E-state index < -0.39 is 17.7 Å². The Kier molecular flexibility index (Phi) is 8.53. The zero-order valence-corrected chi connectivity index (χ0v) is 17.5. The van der Waals surface area contributed by atoms with Gasteiger partial charge >= 0.3 is 6.09 Å². The van der Waals surface area contributed by atoms with E-state index in [1.807, 2.05) is 0 Å². The highest BCUT2D eigenvalue weighted by Gasteiger charge is 2.27. The standard InChI is InChI=1S/C19H32N6O4/c1-19(2,3)29-18(28)20-11-7-6-10-15(16(26)12-25-13-21-23-24-25)22-17(27)14-8-4-5-9-14/h13-15H,4-12H2,1-3H3,(H,20,28)(H,22,27)/t15-/m0/s1. The minimum absolute atomic E-state index is 0.00725. The van der Waals surface area contributed by atoms with Gasteiger partial charge in [-0.1, -0.05) is 12.8 Å². The maximum Gasteiger partial charge on any atom is 0.407 e. The Bertz CT molecular complexity index is 665. The number of nitrogens with zero attached hydrogens (tertiary/aromatic N) is 4. The number of ketones is 1. The second-order valence-electron chi connectivity index (χ2n) is 8.44. The molecule has 0 spiro atoms.